The van der Waals surface area contributed by atoms with Crippen LogP contribution in [0.5, 0.6) is 0 Å². The first-order valence-corrected chi connectivity index (χ1v) is 10.8. The maximum Gasteiger partial charge on any atom is 0.229 e. The number of para-hydroxylation sites is 2. The molecule has 1 aromatic carbocycles. The second-order valence-electron chi connectivity index (χ2n) is 7.15. The molecule has 1 saturated heterocycles. The predicted octanol–water partition coefficient (Wildman–Crippen LogP) is 4.11. The van der Waals surface area contributed by atoms with Crippen LogP contribution < -0.4 is 5.32 Å². The Morgan fingerprint density at radius 2 is 1.88 bits per heavy atom. The molecule has 2 heterocycles. The normalized spacial score (nSPS) is 30.9. The Kier molecular flexibility index (Phi) is 3.59. The van der Waals surface area contributed by atoms with E-state index in [4.69, 9.17) is 0 Å². The maximum absolute atomic E-state index is 12.8. The summed E-state index contributed by atoms with van der Waals surface area (Å²) in [5.74, 6) is 4.86. The number of imidazole rings is 1. The van der Waals surface area contributed by atoms with E-state index in [1.54, 1.807) is 0 Å². The smallest absolute Gasteiger partial charge is 0.229 e. The van der Waals surface area contributed by atoms with Crippen LogP contribution in [0.1, 0.15) is 25.7 Å². The number of thioether (sulfide) groups is 2. The van der Waals surface area contributed by atoms with Crippen molar-refractivity contribution in [2.75, 3.05) is 16.8 Å². The highest BCUT2D eigenvalue weighted by atomic mass is 32.2. The summed E-state index contributed by atoms with van der Waals surface area (Å²) in [5.41, 5.74) is 1.86. The summed E-state index contributed by atoms with van der Waals surface area (Å²) in [7, 11) is 0. The van der Waals surface area contributed by atoms with Crippen LogP contribution in [0.2, 0.25) is 0 Å². The molecule has 4 nitrogen and oxygen atoms in total. The molecule has 2 bridgehead atoms. The number of anilines is 1. The number of carbonyl (C=O) groups excluding carboxylic acids is 1. The third kappa shape index (κ3) is 2.30. The number of H-pyrrole nitrogens is 1. The lowest BCUT2D eigenvalue weighted by Crippen LogP contribution is -2.41. The lowest BCUT2D eigenvalue weighted by molar-refractivity contribution is -0.121. The van der Waals surface area contributed by atoms with Crippen molar-refractivity contribution >= 4 is 46.4 Å². The van der Waals surface area contributed by atoms with Gasteiger partial charge in [-0.05, 0) is 49.7 Å². The number of benzene rings is 1. The number of aromatic amines is 1. The van der Waals surface area contributed by atoms with Gasteiger partial charge in [-0.15, -0.1) is 23.5 Å². The molecule has 1 amide bonds. The number of hydrogen-bond donors (Lipinski definition) is 2. The highest BCUT2D eigenvalue weighted by molar-refractivity contribution is 8.21. The van der Waals surface area contributed by atoms with Crippen molar-refractivity contribution in [1.29, 1.82) is 0 Å². The van der Waals surface area contributed by atoms with Gasteiger partial charge in [0.1, 0.15) is 0 Å². The Bertz CT molecular complexity index is 734. The van der Waals surface area contributed by atoms with E-state index in [-0.39, 0.29) is 11.8 Å². The first-order valence-electron chi connectivity index (χ1n) is 8.78. The lowest BCUT2D eigenvalue weighted by Gasteiger charge is -2.42. The van der Waals surface area contributed by atoms with E-state index in [9.17, 15) is 4.79 Å². The molecular weight excluding hydrogens is 338 g/mol. The van der Waals surface area contributed by atoms with E-state index in [0.717, 1.165) is 23.9 Å². The number of aromatic nitrogens is 2. The molecule has 3 aliphatic rings. The van der Waals surface area contributed by atoms with Crippen LogP contribution in [0.4, 0.5) is 5.95 Å². The zero-order chi connectivity index (χ0) is 16.1. The molecule has 1 unspecified atom stereocenters. The SMILES string of the molecule is O=C(Nc1nc2ccccc2[nH]1)C1C[C@H]2CC[C@@H](C1)C21SCCS1. The quantitative estimate of drug-likeness (QED) is 0.847. The molecular formula is C18H21N3OS2. The van der Waals surface area contributed by atoms with Crippen molar-refractivity contribution in [3.8, 4) is 0 Å². The van der Waals surface area contributed by atoms with E-state index in [0.29, 0.717) is 21.9 Å². The van der Waals surface area contributed by atoms with Gasteiger partial charge in [-0.1, -0.05) is 12.1 Å². The second kappa shape index (κ2) is 5.70. The zero-order valence-corrected chi connectivity index (χ0v) is 15.1. The molecule has 3 fully saturated rings. The van der Waals surface area contributed by atoms with Crippen molar-refractivity contribution < 1.29 is 4.79 Å². The maximum atomic E-state index is 12.8. The minimum Gasteiger partial charge on any atom is -0.324 e. The fraction of sp³-hybridized carbons (Fsp3) is 0.556. The highest BCUT2D eigenvalue weighted by Crippen LogP contribution is 2.65. The molecule has 3 atom stereocenters. The van der Waals surface area contributed by atoms with Gasteiger partial charge in [0.25, 0.3) is 0 Å². The predicted molar refractivity (Wildman–Crippen MR) is 101 cm³/mol. The van der Waals surface area contributed by atoms with E-state index in [1.165, 1.54) is 24.3 Å². The van der Waals surface area contributed by atoms with Gasteiger partial charge in [0, 0.05) is 17.4 Å². The highest BCUT2D eigenvalue weighted by Gasteiger charge is 2.57. The average molecular weight is 360 g/mol. The third-order valence-electron chi connectivity index (χ3n) is 5.88. The van der Waals surface area contributed by atoms with Gasteiger partial charge in [0.05, 0.1) is 15.1 Å². The Morgan fingerprint density at radius 1 is 1.17 bits per heavy atom. The van der Waals surface area contributed by atoms with E-state index in [1.807, 2.05) is 24.3 Å². The van der Waals surface area contributed by atoms with Crippen molar-refractivity contribution in [2.24, 2.45) is 17.8 Å². The molecule has 1 spiro atoms. The average Bonchev–Trinajstić information content (AvgIpc) is 3.25. The molecule has 2 aromatic rings. The Hall–Kier alpha value is -1.14. The molecule has 24 heavy (non-hydrogen) atoms. The van der Waals surface area contributed by atoms with Crippen LogP contribution >= 0.6 is 23.5 Å². The number of fused-ring (bicyclic) bond motifs is 1. The summed E-state index contributed by atoms with van der Waals surface area (Å²) in [4.78, 5) is 20.5. The van der Waals surface area contributed by atoms with Crippen molar-refractivity contribution in [3.63, 3.8) is 0 Å². The number of hydrogen-bond acceptors (Lipinski definition) is 4. The van der Waals surface area contributed by atoms with Crippen LogP contribution in [0.15, 0.2) is 24.3 Å². The second-order valence-corrected chi connectivity index (χ2v) is 10.2. The van der Waals surface area contributed by atoms with E-state index in [2.05, 4.69) is 38.8 Å². The van der Waals surface area contributed by atoms with Crippen LogP contribution in [0.25, 0.3) is 11.0 Å². The summed E-state index contributed by atoms with van der Waals surface area (Å²) in [5, 5.41) is 3.03. The zero-order valence-electron chi connectivity index (χ0n) is 13.5. The van der Waals surface area contributed by atoms with Gasteiger partial charge >= 0.3 is 0 Å². The summed E-state index contributed by atoms with van der Waals surface area (Å²) < 4.78 is 0.441. The first kappa shape index (κ1) is 15.1. The summed E-state index contributed by atoms with van der Waals surface area (Å²) >= 11 is 4.36. The topological polar surface area (TPSA) is 57.8 Å². The monoisotopic (exact) mass is 359 g/mol. The molecule has 1 aliphatic heterocycles. The molecule has 0 radical (unpaired) electrons. The van der Waals surface area contributed by atoms with Gasteiger partial charge in [-0.2, -0.15) is 0 Å². The van der Waals surface area contributed by atoms with Crippen molar-refractivity contribution in [3.05, 3.63) is 24.3 Å². The minimum absolute atomic E-state index is 0.142. The number of amides is 1. The fourth-order valence-corrected chi connectivity index (χ4v) is 8.78. The van der Waals surface area contributed by atoms with Crippen LogP contribution in [-0.2, 0) is 4.79 Å². The first-order chi connectivity index (χ1) is 11.7. The van der Waals surface area contributed by atoms with E-state index < -0.39 is 0 Å². The van der Waals surface area contributed by atoms with Crippen LogP contribution in [0, 0.1) is 17.8 Å². The fourth-order valence-electron chi connectivity index (χ4n) is 4.85. The van der Waals surface area contributed by atoms with Gasteiger partial charge in [-0.25, -0.2) is 4.98 Å². The van der Waals surface area contributed by atoms with Gasteiger partial charge < -0.3 is 4.98 Å². The largest absolute Gasteiger partial charge is 0.324 e. The molecule has 6 heteroatoms. The molecule has 2 saturated carbocycles. The Morgan fingerprint density at radius 3 is 2.58 bits per heavy atom. The number of carbonyl (C=O) groups is 1. The van der Waals surface area contributed by atoms with Gasteiger partial charge in [-0.3, -0.25) is 10.1 Å². The number of nitrogens with zero attached hydrogens (tertiary/aromatic N) is 1. The Labute approximate surface area is 149 Å². The van der Waals surface area contributed by atoms with Crippen molar-refractivity contribution in [2.45, 2.75) is 29.8 Å². The summed E-state index contributed by atoms with van der Waals surface area (Å²) in [6, 6.07) is 7.88. The molecule has 2 N–H and O–H groups in total. The third-order valence-corrected chi connectivity index (χ3v) is 9.90. The lowest BCUT2D eigenvalue weighted by atomic mass is 9.79. The Balaban J connectivity index is 1.32. The van der Waals surface area contributed by atoms with E-state index >= 15 is 0 Å². The summed E-state index contributed by atoms with van der Waals surface area (Å²) in [6.45, 7) is 0. The van der Waals surface area contributed by atoms with Crippen LogP contribution in [0.3, 0.4) is 0 Å². The number of rotatable bonds is 2. The standard InChI is InChI=1S/C18H21N3OS2/c22-16(21-17-19-14-3-1-2-4-15(14)20-17)11-9-12-5-6-13(10-11)18(12)23-7-8-24-18/h1-4,11-13H,5-10H2,(H2,19,20,21,22)/t11?,12-,13+. The minimum atomic E-state index is 0.142. The molecule has 1 aromatic heterocycles. The molecule has 2 aliphatic carbocycles. The molecule has 126 valence electrons. The van der Waals surface area contributed by atoms with Gasteiger partial charge in [0.2, 0.25) is 11.9 Å². The summed E-state index contributed by atoms with van der Waals surface area (Å²) in [6.07, 6.45) is 4.70. The van der Waals surface area contributed by atoms with Crippen LogP contribution in [-0.4, -0.2) is 31.5 Å². The van der Waals surface area contributed by atoms with Crippen molar-refractivity contribution in [1.82, 2.24) is 9.97 Å². The molecule has 5 rings (SSSR count). The number of nitrogens with one attached hydrogen (secondary N) is 2. The van der Waals surface area contributed by atoms with Gasteiger partial charge in [0.15, 0.2) is 0 Å².